The second-order valence-corrected chi connectivity index (χ2v) is 17.0. The summed E-state index contributed by atoms with van der Waals surface area (Å²) < 4.78 is 14.8. The van der Waals surface area contributed by atoms with E-state index in [-0.39, 0.29) is 18.1 Å². The van der Waals surface area contributed by atoms with Gasteiger partial charge in [-0.15, -0.1) is 0 Å². The minimum Gasteiger partial charge on any atom is -0.447 e. The predicted octanol–water partition coefficient (Wildman–Crippen LogP) is 5.26. The van der Waals surface area contributed by atoms with Gasteiger partial charge in [0.15, 0.2) is 11.5 Å². The Balaban J connectivity index is 1.41. The van der Waals surface area contributed by atoms with Crippen LogP contribution in [0.4, 0.5) is 10.6 Å². The minimum absolute atomic E-state index is 0.0540. The Hall–Kier alpha value is -3.57. The zero-order chi connectivity index (χ0) is 27.0. The second-order valence-electron chi connectivity index (χ2n) is 11.3. The largest absolute Gasteiger partial charge is 0.447 e. The van der Waals surface area contributed by atoms with Crippen molar-refractivity contribution >= 4 is 25.6 Å². The maximum Gasteiger partial charge on any atom is 0.415 e. The molecule has 0 N–H and O–H groups in total. The van der Waals surface area contributed by atoms with E-state index in [0.717, 1.165) is 40.7 Å². The molecule has 0 aliphatic carbocycles. The molecule has 0 radical (unpaired) electrons. The van der Waals surface area contributed by atoms with Crippen molar-refractivity contribution in [1.29, 1.82) is 0 Å². The molecule has 1 saturated heterocycles. The Morgan fingerprint density at radius 1 is 1.16 bits per heavy atom. The van der Waals surface area contributed by atoms with E-state index >= 15 is 0 Å². The van der Waals surface area contributed by atoms with E-state index in [1.165, 1.54) is 0 Å². The Kier molecular flexibility index (Phi) is 7.06. The van der Waals surface area contributed by atoms with Gasteiger partial charge < -0.3 is 9.47 Å². The number of aryl methyl sites for hydroxylation is 1. The van der Waals surface area contributed by atoms with Crippen molar-refractivity contribution in [3.63, 3.8) is 0 Å². The summed E-state index contributed by atoms with van der Waals surface area (Å²) in [5, 5.41) is 8.87. The van der Waals surface area contributed by atoms with Crippen LogP contribution >= 0.6 is 0 Å². The first kappa shape index (κ1) is 26.1. The van der Waals surface area contributed by atoms with Crippen LogP contribution in [0.5, 0.6) is 0 Å². The van der Waals surface area contributed by atoms with Gasteiger partial charge in [-0.05, 0) is 42.1 Å². The minimum atomic E-state index is -1.15. The summed E-state index contributed by atoms with van der Waals surface area (Å²) >= 11 is 0. The number of anilines is 1. The zero-order valence-corrected chi connectivity index (χ0v) is 23.9. The molecule has 3 aromatic heterocycles. The van der Waals surface area contributed by atoms with E-state index in [1.54, 1.807) is 26.5 Å². The topological polar surface area (TPSA) is 99.7 Å². The summed E-state index contributed by atoms with van der Waals surface area (Å²) in [6.07, 6.45) is 4.84. The third-order valence-corrected chi connectivity index (χ3v) is 8.58. The second kappa shape index (κ2) is 10.3. The molecule has 1 amide bonds. The molecule has 38 heavy (non-hydrogen) atoms. The van der Waals surface area contributed by atoms with Crippen LogP contribution < -0.4 is 4.90 Å². The van der Waals surface area contributed by atoms with Crippen molar-refractivity contribution in [1.82, 2.24) is 29.4 Å². The highest BCUT2D eigenvalue weighted by Crippen LogP contribution is 2.32. The van der Waals surface area contributed by atoms with Crippen LogP contribution in [0, 0.1) is 12.8 Å². The number of amides is 1. The van der Waals surface area contributed by atoms with Crippen LogP contribution in [0.3, 0.4) is 0 Å². The number of hydrogen-bond donors (Lipinski definition) is 0. The maximum absolute atomic E-state index is 12.5. The van der Waals surface area contributed by atoms with Crippen LogP contribution in [-0.2, 0) is 16.2 Å². The first-order chi connectivity index (χ1) is 18.1. The predicted molar refractivity (Wildman–Crippen MR) is 149 cm³/mol. The number of nitrogens with zero attached hydrogens (tertiary/aromatic N) is 7. The SMILES string of the molecule is Cc1cc(-c2ncnn2COCC[Si](C)(C)C)ccc1-c1cnn2ccc(N3C(=O)OC[C@@H]3C(C)C)nc12. The van der Waals surface area contributed by atoms with Gasteiger partial charge in [0.05, 0.1) is 12.2 Å². The highest BCUT2D eigenvalue weighted by atomic mass is 28.3. The molecular weight excluding hydrogens is 498 g/mol. The van der Waals surface area contributed by atoms with Gasteiger partial charge in [0.25, 0.3) is 0 Å². The average Bonchev–Trinajstić information content (AvgIpc) is 3.59. The third-order valence-electron chi connectivity index (χ3n) is 6.88. The molecule has 1 aliphatic heterocycles. The molecule has 1 fully saturated rings. The van der Waals surface area contributed by atoms with Crippen LogP contribution in [-0.4, -0.2) is 62.8 Å². The molecule has 1 aliphatic rings. The number of hydrogen-bond acceptors (Lipinski definition) is 7. The fraction of sp³-hybridized carbons (Fsp3) is 0.444. The van der Waals surface area contributed by atoms with Gasteiger partial charge in [0.1, 0.15) is 25.5 Å². The standard InChI is InChI=1S/C27H35N7O3Si/c1-18(2)23-15-37-27(35)34(23)24-9-10-32-26(31-24)22(14-29-32)21-8-7-20(13-19(21)3)25-28-16-30-33(25)17-36-11-12-38(4,5)6/h7-10,13-14,16,18,23H,11-12,15,17H2,1-6H3/t23-/m1/s1. The number of carbonyl (C=O) groups is 1. The van der Waals surface area contributed by atoms with E-state index in [4.69, 9.17) is 14.5 Å². The lowest BCUT2D eigenvalue weighted by Crippen LogP contribution is -2.37. The summed E-state index contributed by atoms with van der Waals surface area (Å²) in [7, 11) is -1.15. The molecule has 10 nitrogen and oxygen atoms in total. The molecule has 0 bridgehead atoms. The van der Waals surface area contributed by atoms with Crippen molar-refractivity contribution in [3.05, 3.63) is 48.5 Å². The molecule has 200 valence electrons. The number of ether oxygens (including phenoxy) is 2. The van der Waals surface area contributed by atoms with E-state index in [9.17, 15) is 4.79 Å². The summed E-state index contributed by atoms with van der Waals surface area (Å²) in [6.45, 7) is 14.7. The maximum atomic E-state index is 12.5. The fourth-order valence-electron chi connectivity index (χ4n) is 4.59. The van der Waals surface area contributed by atoms with Crippen LogP contribution in [0.2, 0.25) is 25.7 Å². The summed E-state index contributed by atoms with van der Waals surface area (Å²) in [4.78, 5) is 23.5. The van der Waals surface area contributed by atoms with Crippen molar-refractivity contribution in [2.45, 2.75) is 59.2 Å². The van der Waals surface area contributed by atoms with Gasteiger partial charge >= 0.3 is 6.09 Å². The van der Waals surface area contributed by atoms with Gasteiger partial charge in [-0.25, -0.2) is 24.0 Å². The molecule has 0 spiro atoms. The molecule has 5 rings (SSSR count). The monoisotopic (exact) mass is 533 g/mol. The van der Waals surface area contributed by atoms with E-state index in [0.29, 0.717) is 24.8 Å². The Morgan fingerprint density at radius 3 is 2.71 bits per heavy atom. The van der Waals surface area contributed by atoms with Gasteiger partial charge in [-0.2, -0.15) is 10.2 Å². The molecular formula is C27H35N7O3Si. The Bertz CT molecular complexity index is 1460. The van der Waals surface area contributed by atoms with Gasteiger partial charge in [0.2, 0.25) is 0 Å². The molecule has 11 heteroatoms. The first-order valence-corrected chi connectivity index (χ1v) is 16.7. The highest BCUT2D eigenvalue weighted by Gasteiger charge is 2.37. The quantitative estimate of drug-likeness (QED) is 0.214. The molecule has 0 saturated carbocycles. The molecule has 4 aromatic rings. The first-order valence-electron chi connectivity index (χ1n) is 13.0. The van der Waals surface area contributed by atoms with E-state index in [1.807, 2.05) is 18.5 Å². The Morgan fingerprint density at radius 2 is 1.97 bits per heavy atom. The van der Waals surface area contributed by atoms with Crippen molar-refractivity contribution in [3.8, 4) is 22.5 Å². The molecule has 1 atom stereocenters. The van der Waals surface area contributed by atoms with E-state index in [2.05, 4.69) is 67.7 Å². The van der Waals surface area contributed by atoms with Crippen molar-refractivity contribution in [2.75, 3.05) is 18.1 Å². The molecule has 0 unspecified atom stereocenters. The smallest absolute Gasteiger partial charge is 0.415 e. The van der Waals surface area contributed by atoms with Gasteiger partial charge in [-0.3, -0.25) is 4.90 Å². The van der Waals surface area contributed by atoms with Crippen LogP contribution in [0.1, 0.15) is 19.4 Å². The lowest BCUT2D eigenvalue weighted by molar-refractivity contribution is 0.0796. The lowest BCUT2D eigenvalue weighted by atomic mass is 10.00. The van der Waals surface area contributed by atoms with Crippen molar-refractivity contribution < 1.29 is 14.3 Å². The lowest BCUT2D eigenvalue weighted by Gasteiger charge is -2.23. The summed E-state index contributed by atoms with van der Waals surface area (Å²) in [5.41, 5.74) is 4.59. The highest BCUT2D eigenvalue weighted by molar-refractivity contribution is 6.76. The number of fused-ring (bicyclic) bond motifs is 1. The number of carbonyl (C=O) groups excluding carboxylic acids is 1. The van der Waals surface area contributed by atoms with Crippen molar-refractivity contribution in [2.24, 2.45) is 5.92 Å². The fourth-order valence-corrected chi connectivity index (χ4v) is 5.35. The number of rotatable bonds is 9. The zero-order valence-electron chi connectivity index (χ0n) is 22.9. The van der Waals surface area contributed by atoms with Gasteiger partial charge in [0, 0.05) is 32.0 Å². The Labute approximate surface area is 223 Å². The third kappa shape index (κ3) is 5.21. The average molecular weight is 534 g/mol. The van der Waals surface area contributed by atoms with E-state index < -0.39 is 8.07 Å². The molecule has 4 heterocycles. The normalized spacial score (nSPS) is 16.1. The van der Waals surface area contributed by atoms with Crippen LogP contribution in [0.15, 0.2) is 43.0 Å². The van der Waals surface area contributed by atoms with Crippen LogP contribution in [0.25, 0.3) is 28.2 Å². The summed E-state index contributed by atoms with van der Waals surface area (Å²) in [6, 6.07) is 9.05. The molecule has 1 aromatic carbocycles. The van der Waals surface area contributed by atoms with Gasteiger partial charge in [-0.1, -0.05) is 45.6 Å². The number of cyclic esters (lactones) is 1. The summed E-state index contributed by atoms with van der Waals surface area (Å²) in [5.74, 6) is 1.57. The number of benzene rings is 1. The number of aromatic nitrogens is 6.